The third-order valence-electron chi connectivity index (χ3n) is 4.90. The SMILES string of the molecule is CCCCc1ccc(CC(=O)Nc2cccc(C(=O)N3CCOCC3)c2)cc1. The minimum Gasteiger partial charge on any atom is -0.378 e. The van der Waals surface area contributed by atoms with E-state index in [1.54, 1.807) is 23.1 Å². The number of ether oxygens (including phenoxy) is 1. The van der Waals surface area contributed by atoms with E-state index < -0.39 is 0 Å². The maximum absolute atomic E-state index is 12.6. The second kappa shape index (κ2) is 10.0. The fourth-order valence-corrected chi connectivity index (χ4v) is 3.27. The van der Waals surface area contributed by atoms with E-state index in [9.17, 15) is 9.59 Å². The first-order valence-corrected chi connectivity index (χ1v) is 10.0. The average Bonchev–Trinajstić information content (AvgIpc) is 2.73. The molecule has 0 saturated carbocycles. The van der Waals surface area contributed by atoms with Crippen molar-refractivity contribution in [3.63, 3.8) is 0 Å². The van der Waals surface area contributed by atoms with Gasteiger partial charge >= 0.3 is 0 Å². The normalized spacial score (nSPS) is 14.0. The first-order valence-electron chi connectivity index (χ1n) is 10.0. The summed E-state index contributed by atoms with van der Waals surface area (Å²) in [5.41, 5.74) is 3.52. The third-order valence-corrected chi connectivity index (χ3v) is 4.90. The van der Waals surface area contributed by atoms with Gasteiger partial charge in [0.05, 0.1) is 19.6 Å². The van der Waals surface area contributed by atoms with Crippen molar-refractivity contribution in [2.75, 3.05) is 31.6 Å². The molecule has 0 spiro atoms. The lowest BCUT2D eigenvalue weighted by Crippen LogP contribution is -2.40. The highest BCUT2D eigenvalue weighted by molar-refractivity contribution is 5.97. The van der Waals surface area contributed by atoms with Gasteiger partial charge in [-0.15, -0.1) is 0 Å². The number of hydrogen-bond donors (Lipinski definition) is 1. The monoisotopic (exact) mass is 380 g/mol. The third kappa shape index (κ3) is 5.67. The molecule has 0 radical (unpaired) electrons. The van der Waals surface area contributed by atoms with Crippen molar-refractivity contribution < 1.29 is 14.3 Å². The lowest BCUT2D eigenvalue weighted by Gasteiger charge is -2.27. The van der Waals surface area contributed by atoms with Gasteiger partial charge in [0.25, 0.3) is 5.91 Å². The summed E-state index contributed by atoms with van der Waals surface area (Å²) in [5, 5.41) is 2.90. The molecule has 0 unspecified atom stereocenters. The minimum atomic E-state index is -0.0859. The summed E-state index contributed by atoms with van der Waals surface area (Å²) >= 11 is 0. The number of carbonyl (C=O) groups excluding carboxylic acids is 2. The van der Waals surface area contributed by atoms with Gasteiger partial charge in [0.1, 0.15) is 0 Å². The van der Waals surface area contributed by atoms with Crippen molar-refractivity contribution in [1.82, 2.24) is 4.90 Å². The molecule has 1 aliphatic heterocycles. The van der Waals surface area contributed by atoms with Crippen LogP contribution in [-0.4, -0.2) is 43.0 Å². The van der Waals surface area contributed by atoms with Crippen LogP contribution in [0, 0.1) is 0 Å². The number of rotatable bonds is 7. The van der Waals surface area contributed by atoms with Crippen molar-refractivity contribution in [2.24, 2.45) is 0 Å². The second-order valence-corrected chi connectivity index (χ2v) is 7.13. The van der Waals surface area contributed by atoms with E-state index in [0.29, 0.717) is 44.0 Å². The Kier molecular flexibility index (Phi) is 7.20. The van der Waals surface area contributed by atoms with E-state index in [-0.39, 0.29) is 11.8 Å². The number of nitrogens with one attached hydrogen (secondary N) is 1. The second-order valence-electron chi connectivity index (χ2n) is 7.13. The quantitative estimate of drug-likeness (QED) is 0.797. The molecule has 2 aromatic rings. The predicted octanol–water partition coefficient (Wildman–Crippen LogP) is 3.68. The van der Waals surface area contributed by atoms with E-state index in [4.69, 9.17) is 4.74 Å². The number of nitrogens with zero attached hydrogens (tertiary/aromatic N) is 1. The van der Waals surface area contributed by atoms with Crippen LogP contribution in [-0.2, 0) is 22.4 Å². The van der Waals surface area contributed by atoms with Gasteiger partial charge in [-0.05, 0) is 42.2 Å². The molecule has 0 aliphatic carbocycles. The van der Waals surface area contributed by atoms with Crippen LogP contribution in [0.4, 0.5) is 5.69 Å². The molecule has 28 heavy (non-hydrogen) atoms. The van der Waals surface area contributed by atoms with Crippen molar-refractivity contribution >= 4 is 17.5 Å². The Labute approximate surface area is 166 Å². The van der Waals surface area contributed by atoms with Crippen molar-refractivity contribution in [2.45, 2.75) is 32.6 Å². The average molecular weight is 380 g/mol. The van der Waals surface area contributed by atoms with E-state index >= 15 is 0 Å². The van der Waals surface area contributed by atoms with Crippen LogP contribution in [0.1, 0.15) is 41.3 Å². The van der Waals surface area contributed by atoms with E-state index in [2.05, 4.69) is 24.4 Å². The Balaban J connectivity index is 1.57. The van der Waals surface area contributed by atoms with Gasteiger partial charge < -0.3 is 15.0 Å². The largest absolute Gasteiger partial charge is 0.378 e. The van der Waals surface area contributed by atoms with Crippen LogP contribution in [0.25, 0.3) is 0 Å². The molecule has 148 valence electrons. The standard InChI is InChI=1S/C23H28N2O3/c1-2-3-5-18-8-10-19(11-9-18)16-22(26)24-21-7-4-6-20(17-21)23(27)25-12-14-28-15-13-25/h4,6-11,17H,2-3,5,12-16H2,1H3,(H,24,26). The van der Waals surface area contributed by atoms with E-state index in [0.717, 1.165) is 12.0 Å². The Morgan fingerprint density at radius 1 is 1.04 bits per heavy atom. The van der Waals surface area contributed by atoms with Crippen LogP contribution >= 0.6 is 0 Å². The number of carbonyl (C=O) groups is 2. The highest BCUT2D eigenvalue weighted by atomic mass is 16.5. The zero-order valence-electron chi connectivity index (χ0n) is 16.4. The number of benzene rings is 2. The smallest absolute Gasteiger partial charge is 0.254 e. The number of amides is 2. The highest BCUT2D eigenvalue weighted by Crippen LogP contribution is 2.15. The fraction of sp³-hybridized carbons (Fsp3) is 0.391. The summed E-state index contributed by atoms with van der Waals surface area (Å²) in [5.74, 6) is -0.112. The Hall–Kier alpha value is -2.66. The maximum atomic E-state index is 12.6. The zero-order chi connectivity index (χ0) is 19.8. The van der Waals surface area contributed by atoms with Gasteiger partial charge in [-0.25, -0.2) is 0 Å². The Morgan fingerprint density at radius 2 is 1.75 bits per heavy atom. The molecule has 3 rings (SSSR count). The lowest BCUT2D eigenvalue weighted by molar-refractivity contribution is -0.115. The van der Waals surface area contributed by atoms with Crippen LogP contribution in [0.3, 0.4) is 0 Å². The zero-order valence-corrected chi connectivity index (χ0v) is 16.4. The summed E-state index contributed by atoms with van der Waals surface area (Å²) in [6.45, 7) is 4.52. The van der Waals surface area contributed by atoms with Crippen LogP contribution in [0.2, 0.25) is 0 Å². The van der Waals surface area contributed by atoms with Crippen LogP contribution in [0.15, 0.2) is 48.5 Å². The Bertz CT molecular complexity index is 796. The topological polar surface area (TPSA) is 58.6 Å². The molecule has 5 heteroatoms. The molecule has 1 heterocycles. The predicted molar refractivity (Wildman–Crippen MR) is 111 cm³/mol. The first-order chi connectivity index (χ1) is 13.7. The molecule has 5 nitrogen and oxygen atoms in total. The number of aryl methyl sites for hydroxylation is 1. The van der Waals surface area contributed by atoms with Crippen LogP contribution < -0.4 is 5.32 Å². The maximum Gasteiger partial charge on any atom is 0.254 e. The van der Waals surface area contributed by atoms with Crippen LogP contribution in [0.5, 0.6) is 0 Å². The highest BCUT2D eigenvalue weighted by Gasteiger charge is 2.18. The van der Waals surface area contributed by atoms with Gasteiger partial charge in [-0.2, -0.15) is 0 Å². The molecule has 2 amide bonds. The van der Waals surface area contributed by atoms with Gasteiger partial charge in [-0.3, -0.25) is 9.59 Å². The van der Waals surface area contributed by atoms with Crippen molar-refractivity contribution in [3.8, 4) is 0 Å². The number of hydrogen-bond acceptors (Lipinski definition) is 3. The molecule has 1 aliphatic rings. The Morgan fingerprint density at radius 3 is 2.46 bits per heavy atom. The van der Waals surface area contributed by atoms with Crippen molar-refractivity contribution in [1.29, 1.82) is 0 Å². The summed E-state index contributed by atoms with van der Waals surface area (Å²) in [4.78, 5) is 26.8. The summed E-state index contributed by atoms with van der Waals surface area (Å²) < 4.78 is 5.29. The molecule has 1 fully saturated rings. The van der Waals surface area contributed by atoms with Gasteiger partial charge in [0, 0.05) is 24.3 Å². The van der Waals surface area contributed by atoms with Gasteiger partial charge in [-0.1, -0.05) is 43.7 Å². The van der Waals surface area contributed by atoms with Gasteiger partial charge in [0.15, 0.2) is 0 Å². The number of anilines is 1. The number of unbranched alkanes of at least 4 members (excludes halogenated alkanes) is 1. The molecule has 0 atom stereocenters. The number of morpholine rings is 1. The molecule has 1 saturated heterocycles. The summed E-state index contributed by atoms with van der Waals surface area (Å²) in [7, 11) is 0. The minimum absolute atomic E-state index is 0.0259. The molecular weight excluding hydrogens is 352 g/mol. The molecular formula is C23H28N2O3. The van der Waals surface area contributed by atoms with E-state index in [1.165, 1.54) is 18.4 Å². The van der Waals surface area contributed by atoms with Crippen molar-refractivity contribution in [3.05, 3.63) is 65.2 Å². The molecule has 0 aromatic heterocycles. The van der Waals surface area contributed by atoms with E-state index in [1.807, 2.05) is 18.2 Å². The van der Waals surface area contributed by atoms with Gasteiger partial charge in [0.2, 0.25) is 5.91 Å². The fourth-order valence-electron chi connectivity index (χ4n) is 3.27. The first kappa shape index (κ1) is 20.1. The molecule has 2 aromatic carbocycles. The summed E-state index contributed by atoms with van der Waals surface area (Å²) in [6, 6.07) is 15.4. The summed E-state index contributed by atoms with van der Waals surface area (Å²) in [6.07, 6.45) is 3.75. The lowest BCUT2D eigenvalue weighted by atomic mass is 10.0. The molecule has 0 bridgehead atoms. The molecule has 1 N–H and O–H groups in total.